The molecular formula is C10H8Br2O2. The van der Waals surface area contributed by atoms with Crippen molar-refractivity contribution in [1.82, 2.24) is 0 Å². The average Bonchev–Trinajstić information content (AvgIpc) is 2.15. The van der Waals surface area contributed by atoms with Crippen molar-refractivity contribution in [2.24, 2.45) is 0 Å². The standard InChI is InChI=1S/C10H8Br2O2/c11-6-7-1-2-8(9(12)5-7)3-4-10(13)14/h1-5H,6H2,(H,13,14)/b4-3+. The summed E-state index contributed by atoms with van der Waals surface area (Å²) in [5.74, 6) is -0.943. The van der Waals surface area contributed by atoms with E-state index in [1.165, 1.54) is 0 Å². The van der Waals surface area contributed by atoms with Crippen molar-refractivity contribution in [2.45, 2.75) is 5.33 Å². The largest absolute Gasteiger partial charge is 0.478 e. The first-order chi connectivity index (χ1) is 6.63. The minimum atomic E-state index is -0.943. The molecule has 0 saturated heterocycles. The maximum atomic E-state index is 10.3. The molecule has 1 N–H and O–H groups in total. The molecular weight excluding hydrogens is 312 g/mol. The number of benzene rings is 1. The van der Waals surface area contributed by atoms with Crippen LogP contribution in [0.4, 0.5) is 0 Å². The van der Waals surface area contributed by atoms with E-state index in [0.717, 1.165) is 27.0 Å². The van der Waals surface area contributed by atoms with Crippen molar-refractivity contribution in [1.29, 1.82) is 0 Å². The van der Waals surface area contributed by atoms with E-state index in [2.05, 4.69) is 31.9 Å². The Morgan fingerprint density at radius 1 is 1.50 bits per heavy atom. The molecule has 0 saturated carbocycles. The fraction of sp³-hybridized carbons (Fsp3) is 0.100. The van der Waals surface area contributed by atoms with Gasteiger partial charge in [-0.2, -0.15) is 0 Å². The Hall–Kier alpha value is -0.610. The van der Waals surface area contributed by atoms with Crippen LogP contribution >= 0.6 is 31.9 Å². The Morgan fingerprint density at radius 3 is 2.71 bits per heavy atom. The quantitative estimate of drug-likeness (QED) is 0.684. The molecule has 0 aliphatic rings. The Kier molecular flexibility index (Phi) is 4.35. The first kappa shape index (κ1) is 11.5. The first-order valence-corrected chi connectivity index (χ1v) is 5.80. The second-order valence-electron chi connectivity index (χ2n) is 2.66. The van der Waals surface area contributed by atoms with Crippen LogP contribution in [0.2, 0.25) is 0 Å². The van der Waals surface area contributed by atoms with Crippen LogP contribution in [-0.4, -0.2) is 11.1 Å². The minimum Gasteiger partial charge on any atom is -0.478 e. The zero-order chi connectivity index (χ0) is 10.6. The molecule has 0 bridgehead atoms. The molecule has 1 rings (SSSR count). The van der Waals surface area contributed by atoms with Crippen LogP contribution in [0.1, 0.15) is 11.1 Å². The van der Waals surface area contributed by atoms with E-state index in [0.29, 0.717) is 0 Å². The highest BCUT2D eigenvalue weighted by molar-refractivity contribution is 9.10. The summed E-state index contributed by atoms with van der Waals surface area (Å²) in [5, 5.41) is 9.24. The molecule has 1 aromatic carbocycles. The summed E-state index contributed by atoms with van der Waals surface area (Å²) < 4.78 is 0.895. The van der Waals surface area contributed by atoms with Gasteiger partial charge in [-0.15, -0.1) is 0 Å². The summed E-state index contributed by atoms with van der Waals surface area (Å²) in [7, 11) is 0. The number of carboxylic acid groups (broad SMARTS) is 1. The summed E-state index contributed by atoms with van der Waals surface area (Å²) in [6.45, 7) is 0. The van der Waals surface area contributed by atoms with Crippen LogP contribution in [-0.2, 0) is 10.1 Å². The van der Waals surface area contributed by atoms with E-state index in [9.17, 15) is 4.79 Å². The Bertz CT molecular complexity index is 372. The number of carboxylic acids is 1. The lowest BCUT2D eigenvalue weighted by Gasteiger charge is -2.00. The third-order valence-electron chi connectivity index (χ3n) is 1.62. The SMILES string of the molecule is O=C(O)/C=C/c1ccc(CBr)cc1Br. The normalized spacial score (nSPS) is 10.7. The van der Waals surface area contributed by atoms with Gasteiger partial charge < -0.3 is 5.11 Å². The van der Waals surface area contributed by atoms with Crippen molar-refractivity contribution in [2.75, 3.05) is 0 Å². The van der Waals surface area contributed by atoms with Crippen molar-refractivity contribution in [3.63, 3.8) is 0 Å². The summed E-state index contributed by atoms with van der Waals surface area (Å²) in [5.41, 5.74) is 2.00. The van der Waals surface area contributed by atoms with Crippen molar-refractivity contribution in [3.8, 4) is 0 Å². The fourth-order valence-electron chi connectivity index (χ4n) is 0.950. The summed E-state index contributed by atoms with van der Waals surface area (Å²) >= 11 is 6.72. The number of alkyl halides is 1. The molecule has 0 radical (unpaired) electrons. The van der Waals surface area contributed by atoms with E-state index in [-0.39, 0.29) is 0 Å². The zero-order valence-electron chi connectivity index (χ0n) is 7.21. The molecule has 2 nitrogen and oxygen atoms in total. The molecule has 0 aliphatic heterocycles. The molecule has 0 unspecified atom stereocenters. The van der Waals surface area contributed by atoms with Gasteiger partial charge in [-0.05, 0) is 23.3 Å². The monoisotopic (exact) mass is 318 g/mol. The van der Waals surface area contributed by atoms with Gasteiger partial charge in [0.15, 0.2) is 0 Å². The number of carbonyl (C=O) groups is 1. The molecule has 0 amide bonds. The van der Waals surface area contributed by atoms with Gasteiger partial charge in [-0.25, -0.2) is 4.79 Å². The number of halogens is 2. The zero-order valence-corrected chi connectivity index (χ0v) is 10.4. The van der Waals surface area contributed by atoms with Gasteiger partial charge in [0, 0.05) is 15.9 Å². The average molecular weight is 320 g/mol. The lowest BCUT2D eigenvalue weighted by atomic mass is 10.1. The first-order valence-electron chi connectivity index (χ1n) is 3.89. The summed E-state index contributed by atoms with van der Waals surface area (Å²) in [6.07, 6.45) is 2.68. The highest BCUT2D eigenvalue weighted by Crippen LogP contribution is 2.21. The van der Waals surface area contributed by atoms with Gasteiger partial charge in [0.1, 0.15) is 0 Å². The van der Waals surface area contributed by atoms with Crippen LogP contribution in [0.15, 0.2) is 28.7 Å². The third kappa shape index (κ3) is 3.27. The van der Waals surface area contributed by atoms with E-state index >= 15 is 0 Å². The van der Waals surface area contributed by atoms with Gasteiger partial charge in [-0.1, -0.05) is 44.0 Å². The molecule has 74 valence electrons. The van der Waals surface area contributed by atoms with Crippen LogP contribution < -0.4 is 0 Å². The van der Waals surface area contributed by atoms with Crippen LogP contribution in [0, 0.1) is 0 Å². The second-order valence-corrected chi connectivity index (χ2v) is 4.08. The molecule has 0 spiro atoms. The lowest BCUT2D eigenvalue weighted by Crippen LogP contribution is -1.86. The highest BCUT2D eigenvalue weighted by atomic mass is 79.9. The van der Waals surface area contributed by atoms with Gasteiger partial charge in [-0.3, -0.25) is 0 Å². The third-order valence-corrected chi connectivity index (χ3v) is 2.96. The van der Waals surface area contributed by atoms with Crippen molar-refractivity contribution < 1.29 is 9.90 Å². The van der Waals surface area contributed by atoms with E-state index < -0.39 is 5.97 Å². The van der Waals surface area contributed by atoms with Crippen LogP contribution in [0.5, 0.6) is 0 Å². The summed E-state index contributed by atoms with van der Waals surface area (Å²) in [4.78, 5) is 10.3. The maximum absolute atomic E-state index is 10.3. The molecule has 0 fully saturated rings. The number of hydrogen-bond donors (Lipinski definition) is 1. The van der Waals surface area contributed by atoms with Crippen LogP contribution in [0.25, 0.3) is 6.08 Å². The lowest BCUT2D eigenvalue weighted by molar-refractivity contribution is -0.131. The molecule has 1 aromatic rings. The number of aliphatic carboxylic acids is 1. The van der Waals surface area contributed by atoms with Gasteiger partial charge in [0.2, 0.25) is 0 Å². The number of hydrogen-bond acceptors (Lipinski definition) is 1. The van der Waals surface area contributed by atoms with E-state index in [1.807, 2.05) is 18.2 Å². The topological polar surface area (TPSA) is 37.3 Å². The van der Waals surface area contributed by atoms with E-state index in [4.69, 9.17) is 5.11 Å². The fourth-order valence-corrected chi connectivity index (χ4v) is 1.86. The predicted octanol–water partition coefficient (Wildman–Crippen LogP) is 3.44. The predicted molar refractivity (Wildman–Crippen MR) is 63.4 cm³/mol. The number of rotatable bonds is 3. The highest BCUT2D eigenvalue weighted by Gasteiger charge is 1.98. The van der Waals surface area contributed by atoms with E-state index in [1.54, 1.807) is 6.08 Å². The minimum absolute atomic E-state index is 0.786. The maximum Gasteiger partial charge on any atom is 0.328 e. The Labute approximate surface area is 98.9 Å². The molecule has 0 aliphatic carbocycles. The van der Waals surface area contributed by atoms with Gasteiger partial charge >= 0.3 is 5.97 Å². The molecule has 0 heterocycles. The summed E-state index contributed by atoms with van der Waals surface area (Å²) in [6, 6.07) is 5.78. The molecule has 4 heteroatoms. The molecule has 0 aromatic heterocycles. The van der Waals surface area contributed by atoms with Crippen molar-refractivity contribution >= 4 is 43.9 Å². The van der Waals surface area contributed by atoms with Gasteiger partial charge in [0.05, 0.1) is 0 Å². The van der Waals surface area contributed by atoms with Crippen molar-refractivity contribution in [3.05, 3.63) is 39.9 Å². The Morgan fingerprint density at radius 2 is 2.21 bits per heavy atom. The second kappa shape index (κ2) is 5.32. The smallest absolute Gasteiger partial charge is 0.328 e. The van der Waals surface area contributed by atoms with Gasteiger partial charge in [0.25, 0.3) is 0 Å². The molecule has 14 heavy (non-hydrogen) atoms. The van der Waals surface area contributed by atoms with Crippen LogP contribution in [0.3, 0.4) is 0 Å². The molecule has 0 atom stereocenters. The Balaban J connectivity index is 2.94.